The van der Waals surface area contributed by atoms with Crippen molar-refractivity contribution in [2.24, 2.45) is 0 Å². The largest absolute Gasteiger partial charge is 0.345 e. The molecule has 2 heterocycles. The number of nitrogens with one attached hydrogen (secondary N) is 1. The third kappa shape index (κ3) is 4.59. The molecular formula is C17H18N4O4S2. The summed E-state index contributed by atoms with van der Waals surface area (Å²) in [6.45, 7) is -0.00184. The minimum atomic E-state index is -3.58. The highest BCUT2D eigenvalue weighted by atomic mass is 32.2. The van der Waals surface area contributed by atoms with Crippen LogP contribution < -0.4 is 5.32 Å². The van der Waals surface area contributed by atoms with Crippen molar-refractivity contribution in [2.45, 2.75) is 12.6 Å². The van der Waals surface area contributed by atoms with Gasteiger partial charge in [-0.05, 0) is 17.0 Å². The number of aromatic nitrogens is 2. The molecule has 1 amide bonds. The number of amides is 1. The average molecular weight is 406 g/mol. The number of likely N-dealkylation sites (N-methyl/N-ethyl adjacent to an activating group) is 1. The molecule has 3 rings (SSSR count). The summed E-state index contributed by atoms with van der Waals surface area (Å²) in [4.78, 5) is 17.8. The van der Waals surface area contributed by atoms with Gasteiger partial charge in [0.2, 0.25) is 27.6 Å². The fourth-order valence-electron chi connectivity index (χ4n) is 2.45. The third-order valence-electron chi connectivity index (χ3n) is 3.87. The van der Waals surface area contributed by atoms with Gasteiger partial charge in [-0.3, -0.25) is 4.79 Å². The molecule has 0 aliphatic heterocycles. The molecule has 3 aromatic rings. The molecular weight excluding hydrogens is 388 g/mol. The van der Waals surface area contributed by atoms with Gasteiger partial charge < -0.3 is 9.84 Å². The van der Waals surface area contributed by atoms with Crippen molar-refractivity contribution < 1.29 is 17.7 Å². The molecule has 1 aromatic carbocycles. The second kappa shape index (κ2) is 7.99. The molecule has 8 nitrogen and oxygen atoms in total. The summed E-state index contributed by atoms with van der Waals surface area (Å²) >= 11 is 1.48. The molecule has 0 radical (unpaired) electrons. The van der Waals surface area contributed by atoms with E-state index in [9.17, 15) is 13.2 Å². The summed E-state index contributed by atoms with van der Waals surface area (Å²) in [5.41, 5.74) is 0.563. The molecule has 0 bridgehead atoms. The first-order chi connectivity index (χ1) is 12.9. The third-order valence-corrected chi connectivity index (χ3v) is 6.00. The molecule has 1 atom stereocenters. The number of sulfonamides is 1. The first-order valence-corrected chi connectivity index (χ1v) is 10.7. The maximum absolute atomic E-state index is 12.7. The van der Waals surface area contributed by atoms with Crippen molar-refractivity contribution in [1.82, 2.24) is 19.8 Å². The molecule has 0 spiro atoms. The molecule has 10 heteroatoms. The smallest absolute Gasteiger partial charge is 0.246 e. The van der Waals surface area contributed by atoms with Gasteiger partial charge in [0.25, 0.3) is 0 Å². The van der Waals surface area contributed by atoms with Gasteiger partial charge in [-0.15, -0.1) is 11.3 Å². The van der Waals surface area contributed by atoms with Gasteiger partial charge in [0, 0.05) is 7.05 Å². The Balaban J connectivity index is 1.75. The Morgan fingerprint density at radius 2 is 2.00 bits per heavy atom. The Bertz CT molecular complexity index is 1000. The topological polar surface area (TPSA) is 105 Å². The molecule has 142 valence electrons. The first-order valence-electron chi connectivity index (χ1n) is 7.98. The summed E-state index contributed by atoms with van der Waals surface area (Å²) in [6.07, 6.45) is 1.06. The van der Waals surface area contributed by atoms with Gasteiger partial charge in [0.15, 0.2) is 0 Å². The Morgan fingerprint density at radius 3 is 2.63 bits per heavy atom. The molecule has 0 saturated heterocycles. The highest BCUT2D eigenvalue weighted by Crippen LogP contribution is 2.23. The van der Waals surface area contributed by atoms with E-state index in [0.29, 0.717) is 11.4 Å². The van der Waals surface area contributed by atoms with Crippen LogP contribution in [0.15, 0.2) is 52.4 Å². The second-order valence-corrected chi connectivity index (χ2v) is 8.79. The molecule has 0 saturated carbocycles. The zero-order chi connectivity index (χ0) is 19.4. The lowest BCUT2D eigenvalue weighted by molar-refractivity contribution is -0.125. The normalized spacial score (nSPS) is 12.9. The van der Waals surface area contributed by atoms with Crippen LogP contribution in [0.1, 0.15) is 17.5 Å². The van der Waals surface area contributed by atoms with Crippen LogP contribution in [0, 0.1) is 0 Å². The molecule has 0 unspecified atom stereocenters. The van der Waals surface area contributed by atoms with Crippen LogP contribution in [0.25, 0.3) is 10.7 Å². The van der Waals surface area contributed by atoms with Crippen LogP contribution >= 0.6 is 11.3 Å². The number of rotatable bonds is 7. The Labute approximate surface area is 160 Å². The van der Waals surface area contributed by atoms with Gasteiger partial charge in [-0.25, -0.2) is 8.42 Å². The van der Waals surface area contributed by atoms with E-state index in [4.69, 9.17) is 4.52 Å². The number of nitrogens with zero attached hydrogens (tertiary/aromatic N) is 3. The van der Waals surface area contributed by atoms with Crippen LogP contribution in [-0.4, -0.2) is 42.1 Å². The lowest BCUT2D eigenvalue weighted by Crippen LogP contribution is -2.41. The molecule has 2 aromatic heterocycles. The number of hydrogen-bond donors (Lipinski definition) is 1. The average Bonchev–Trinajstić information content (AvgIpc) is 3.32. The highest BCUT2D eigenvalue weighted by molar-refractivity contribution is 7.88. The Hall–Kier alpha value is -2.56. The van der Waals surface area contributed by atoms with Crippen molar-refractivity contribution >= 4 is 27.3 Å². The number of carbonyl (C=O) groups excluding carboxylic acids is 1. The van der Waals surface area contributed by atoms with E-state index < -0.39 is 22.0 Å². The van der Waals surface area contributed by atoms with Crippen molar-refractivity contribution in [3.05, 3.63) is 59.3 Å². The molecule has 0 aliphatic carbocycles. The Morgan fingerprint density at radius 1 is 1.26 bits per heavy atom. The summed E-state index contributed by atoms with van der Waals surface area (Å²) in [5.74, 6) is 0.202. The lowest BCUT2D eigenvalue weighted by atomic mass is 10.1. The minimum absolute atomic E-state index is 0.00184. The summed E-state index contributed by atoms with van der Waals surface area (Å²) < 4.78 is 30.1. The quantitative estimate of drug-likeness (QED) is 0.644. The minimum Gasteiger partial charge on any atom is -0.345 e. The van der Waals surface area contributed by atoms with Crippen molar-refractivity contribution in [2.75, 3.05) is 13.3 Å². The fourth-order valence-corrected chi connectivity index (χ4v) is 3.69. The monoisotopic (exact) mass is 406 g/mol. The van der Waals surface area contributed by atoms with Crippen LogP contribution in [0.4, 0.5) is 0 Å². The molecule has 27 heavy (non-hydrogen) atoms. The van der Waals surface area contributed by atoms with Gasteiger partial charge in [0.1, 0.15) is 6.04 Å². The Kier molecular flexibility index (Phi) is 5.68. The first kappa shape index (κ1) is 19.2. The number of benzene rings is 1. The zero-order valence-electron chi connectivity index (χ0n) is 14.7. The summed E-state index contributed by atoms with van der Waals surface area (Å²) in [7, 11) is -2.21. The van der Waals surface area contributed by atoms with Gasteiger partial charge in [-0.1, -0.05) is 41.6 Å². The maximum atomic E-state index is 12.7. The maximum Gasteiger partial charge on any atom is 0.246 e. The van der Waals surface area contributed by atoms with Crippen LogP contribution in [0.5, 0.6) is 0 Å². The summed E-state index contributed by atoms with van der Waals surface area (Å²) in [6, 6.07) is 11.4. The standard InChI is InChI=1S/C17H18N4O4S2/c1-21(27(2,23)24)15(12-7-4-3-5-8-12)17(22)18-11-14-19-16(20-25-14)13-9-6-10-26-13/h3-10,15H,11H2,1-2H3,(H,18,22)/t15-/m0/s1. The second-order valence-electron chi connectivity index (χ2n) is 5.80. The van der Waals surface area contributed by atoms with E-state index in [-0.39, 0.29) is 12.4 Å². The number of hydrogen-bond acceptors (Lipinski definition) is 7. The zero-order valence-corrected chi connectivity index (χ0v) is 16.3. The molecule has 1 N–H and O–H groups in total. The highest BCUT2D eigenvalue weighted by Gasteiger charge is 2.30. The predicted octanol–water partition coefficient (Wildman–Crippen LogP) is 2.05. The van der Waals surface area contributed by atoms with Crippen molar-refractivity contribution in [3.63, 3.8) is 0 Å². The van der Waals surface area contributed by atoms with Crippen molar-refractivity contribution in [3.8, 4) is 10.7 Å². The van der Waals surface area contributed by atoms with Crippen LogP contribution in [0.2, 0.25) is 0 Å². The molecule has 0 aliphatic rings. The van der Waals surface area contributed by atoms with Gasteiger partial charge in [0.05, 0.1) is 17.7 Å². The summed E-state index contributed by atoms with van der Waals surface area (Å²) in [5, 5.41) is 8.45. The van der Waals surface area contributed by atoms with E-state index in [0.717, 1.165) is 15.4 Å². The van der Waals surface area contributed by atoms with Crippen molar-refractivity contribution in [1.29, 1.82) is 0 Å². The predicted molar refractivity (Wildman–Crippen MR) is 101 cm³/mol. The lowest BCUT2D eigenvalue weighted by Gasteiger charge is -2.25. The number of thiophene rings is 1. The van der Waals surface area contributed by atoms with E-state index in [1.807, 2.05) is 17.5 Å². The van der Waals surface area contributed by atoms with E-state index in [1.54, 1.807) is 30.3 Å². The van der Waals surface area contributed by atoms with Crippen LogP contribution in [0.3, 0.4) is 0 Å². The van der Waals surface area contributed by atoms with E-state index in [2.05, 4.69) is 15.5 Å². The molecule has 0 fully saturated rings. The SMILES string of the molecule is CN([C@H](C(=O)NCc1nc(-c2cccs2)no1)c1ccccc1)S(C)(=O)=O. The van der Waals surface area contributed by atoms with Gasteiger partial charge in [-0.2, -0.15) is 9.29 Å². The number of carbonyl (C=O) groups is 1. The van der Waals surface area contributed by atoms with E-state index >= 15 is 0 Å². The van der Waals surface area contributed by atoms with Crippen LogP contribution in [-0.2, 0) is 21.4 Å². The van der Waals surface area contributed by atoms with E-state index in [1.165, 1.54) is 18.4 Å². The fraction of sp³-hybridized carbons (Fsp3) is 0.235. The van der Waals surface area contributed by atoms with Gasteiger partial charge >= 0.3 is 0 Å².